The molecule has 0 aliphatic carbocycles. The minimum absolute atomic E-state index is 0.183. The zero-order valence-corrected chi connectivity index (χ0v) is 8.03. The fourth-order valence-corrected chi connectivity index (χ4v) is 1.34. The van der Waals surface area contributed by atoms with Gasteiger partial charge in [-0.2, -0.15) is 9.97 Å². The van der Waals surface area contributed by atoms with Gasteiger partial charge in [-0.1, -0.05) is 0 Å². The highest BCUT2D eigenvalue weighted by Gasteiger charge is 2.17. The average Bonchev–Trinajstić information content (AvgIpc) is 2.71. The lowest BCUT2D eigenvalue weighted by molar-refractivity contribution is 0.204. The summed E-state index contributed by atoms with van der Waals surface area (Å²) in [4.78, 5) is 11.9. The maximum atomic E-state index is 5.55. The topological polar surface area (TPSA) is 72.0 Å². The molecular formula is C8H13N5O. The van der Waals surface area contributed by atoms with Crippen molar-refractivity contribution in [3.8, 4) is 6.01 Å². The van der Waals surface area contributed by atoms with Crippen LogP contribution in [0, 0.1) is 0 Å². The predicted octanol–water partition coefficient (Wildman–Crippen LogP) is -0.346. The van der Waals surface area contributed by atoms with Gasteiger partial charge in [-0.25, -0.2) is 4.98 Å². The van der Waals surface area contributed by atoms with Crippen LogP contribution in [0.5, 0.6) is 6.01 Å². The van der Waals surface area contributed by atoms with Crippen LogP contribution in [0.1, 0.15) is 6.42 Å². The van der Waals surface area contributed by atoms with Crippen molar-refractivity contribution in [2.45, 2.75) is 12.5 Å². The molecule has 0 bridgehead atoms. The molecule has 1 aliphatic rings. The highest BCUT2D eigenvalue weighted by molar-refractivity contribution is 5.22. The molecule has 2 heterocycles. The van der Waals surface area contributed by atoms with Gasteiger partial charge in [0.05, 0.1) is 0 Å². The Morgan fingerprint density at radius 3 is 3.21 bits per heavy atom. The smallest absolute Gasteiger partial charge is 0.321 e. The fourth-order valence-electron chi connectivity index (χ4n) is 1.34. The van der Waals surface area contributed by atoms with Crippen LogP contribution < -0.4 is 15.4 Å². The molecule has 2 rings (SSSR count). The quantitative estimate of drug-likeness (QED) is 0.687. The van der Waals surface area contributed by atoms with Gasteiger partial charge in [0.15, 0.2) is 0 Å². The lowest BCUT2D eigenvalue weighted by Gasteiger charge is -2.09. The number of hydrogen-bond acceptors (Lipinski definition) is 6. The Balaban J connectivity index is 2.00. The molecule has 0 spiro atoms. The number of rotatable bonds is 3. The molecule has 0 saturated carbocycles. The number of ether oxygens (including phenoxy) is 1. The van der Waals surface area contributed by atoms with Crippen molar-refractivity contribution in [2.24, 2.45) is 0 Å². The van der Waals surface area contributed by atoms with Gasteiger partial charge in [-0.3, -0.25) is 0 Å². The molecule has 1 aromatic rings. The Kier molecular flexibility index (Phi) is 2.73. The lowest BCUT2D eigenvalue weighted by Crippen LogP contribution is -2.20. The Morgan fingerprint density at radius 1 is 1.57 bits per heavy atom. The summed E-state index contributed by atoms with van der Waals surface area (Å²) in [7, 11) is 1.76. The van der Waals surface area contributed by atoms with Crippen LogP contribution in [0.4, 0.5) is 5.95 Å². The fraction of sp³-hybridized carbons (Fsp3) is 0.625. The molecule has 0 aromatic carbocycles. The first-order valence-electron chi connectivity index (χ1n) is 4.62. The zero-order valence-electron chi connectivity index (χ0n) is 8.03. The summed E-state index contributed by atoms with van der Waals surface area (Å²) in [5, 5.41) is 6.04. The van der Waals surface area contributed by atoms with Crippen molar-refractivity contribution in [3.05, 3.63) is 6.33 Å². The molecule has 1 unspecified atom stereocenters. The summed E-state index contributed by atoms with van der Waals surface area (Å²) in [6, 6.07) is 0.387. The molecule has 1 aliphatic heterocycles. The van der Waals surface area contributed by atoms with Crippen LogP contribution in [0.2, 0.25) is 0 Å². The molecule has 76 valence electrons. The molecule has 14 heavy (non-hydrogen) atoms. The molecule has 1 fully saturated rings. The number of anilines is 1. The van der Waals surface area contributed by atoms with Crippen molar-refractivity contribution in [1.82, 2.24) is 20.3 Å². The first-order chi connectivity index (χ1) is 6.88. The van der Waals surface area contributed by atoms with E-state index in [2.05, 4.69) is 25.6 Å². The Labute approximate surface area is 82.1 Å². The standard InChI is InChI=1S/C8H13N5O/c1-9-7-11-5-12-8(13-7)14-6-2-3-10-4-6/h5-6,10H,2-4H2,1H3,(H,9,11,12,13). The van der Waals surface area contributed by atoms with E-state index in [0.29, 0.717) is 12.0 Å². The van der Waals surface area contributed by atoms with Crippen molar-refractivity contribution >= 4 is 5.95 Å². The molecule has 1 aromatic heterocycles. The van der Waals surface area contributed by atoms with Crippen LogP contribution >= 0.6 is 0 Å². The molecule has 2 N–H and O–H groups in total. The summed E-state index contributed by atoms with van der Waals surface area (Å²) in [5.74, 6) is 0.529. The summed E-state index contributed by atoms with van der Waals surface area (Å²) in [6.07, 6.45) is 2.62. The van der Waals surface area contributed by atoms with Crippen LogP contribution in [-0.4, -0.2) is 41.2 Å². The lowest BCUT2D eigenvalue weighted by atomic mass is 10.3. The second kappa shape index (κ2) is 4.19. The number of nitrogens with zero attached hydrogens (tertiary/aromatic N) is 3. The van der Waals surface area contributed by atoms with Crippen LogP contribution in [-0.2, 0) is 0 Å². The predicted molar refractivity (Wildman–Crippen MR) is 51.3 cm³/mol. The summed E-state index contributed by atoms with van der Waals surface area (Å²) in [5.41, 5.74) is 0. The number of hydrogen-bond donors (Lipinski definition) is 2. The largest absolute Gasteiger partial charge is 0.459 e. The Morgan fingerprint density at radius 2 is 2.50 bits per heavy atom. The summed E-state index contributed by atoms with van der Waals surface area (Å²) >= 11 is 0. The van der Waals surface area contributed by atoms with Crippen molar-refractivity contribution < 1.29 is 4.74 Å². The molecule has 6 heteroatoms. The van der Waals surface area contributed by atoms with E-state index >= 15 is 0 Å². The molecular weight excluding hydrogens is 182 g/mol. The second-order valence-electron chi connectivity index (χ2n) is 3.07. The maximum Gasteiger partial charge on any atom is 0.321 e. The Bertz CT molecular complexity index is 300. The third-order valence-electron chi connectivity index (χ3n) is 2.06. The van der Waals surface area contributed by atoms with Crippen molar-refractivity contribution in [2.75, 3.05) is 25.5 Å². The molecule has 0 amide bonds. The monoisotopic (exact) mass is 195 g/mol. The third-order valence-corrected chi connectivity index (χ3v) is 2.06. The van der Waals surface area contributed by atoms with Gasteiger partial charge < -0.3 is 15.4 Å². The van der Waals surface area contributed by atoms with Gasteiger partial charge in [-0.15, -0.1) is 0 Å². The van der Waals surface area contributed by atoms with Crippen molar-refractivity contribution in [1.29, 1.82) is 0 Å². The van der Waals surface area contributed by atoms with E-state index in [-0.39, 0.29) is 6.10 Å². The van der Waals surface area contributed by atoms with Gasteiger partial charge in [0, 0.05) is 13.6 Å². The van der Waals surface area contributed by atoms with Gasteiger partial charge in [0.2, 0.25) is 5.95 Å². The number of nitrogens with one attached hydrogen (secondary N) is 2. The van der Waals surface area contributed by atoms with Crippen LogP contribution in [0.15, 0.2) is 6.33 Å². The SMILES string of the molecule is CNc1ncnc(OC2CCNC2)n1. The minimum atomic E-state index is 0.183. The summed E-state index contributed by atoms with van der Waals surface area (Å²) in [6.45, 7) is 1.86. The third kappa shape index (κ3) is 2.08. The molecule has 1 saturated heterocycles. The van der Waals surface area contributed by atoms with E-state index in [1.54, 1.807) is 7.05 Å². The van der Waals surface area contributed by atoms with Gasteiger partial charge >= 0.3 is 6.01 Å². The highest BCUT2D eigenvalue weighted by atomic mass is 16.5. The van der Waals surface area contributed by atoms with Gasteiger partial charge in [0.1, 0.15) is 12.4 Å². The highest BCUT2D eigenvalue weighted by Crippen LogP contribution is 2.09. The van der Waals surface area contributed by atoms with Crippen LogP contribution in [0.3, 0.4) is 0 Å². The van der Waals surface area contributed by atoms with E-state index in [0.717, 1.165) is 19.5 Å². The second-order valence-corrected chi connectivity index (χ2v) is 3.07. The molecule has 1 atom stereocenters. The van der Waals surface area contributed by atoms with E-state index in [4.69, 9.17) is 4.74 Å². The average molecular weight is 195 g/mol. The van der Waals surface area contributed by atoms with Crippen LogP contribution in [0.25, 0.3) is 0 Å². The first kappa shape index (κ1) is 9.14. The summed E-state index contributed by atoms with van der Waals surface area (Å²) < 4.78 is 5.55. The normalized spacial score (nSPS) is 20.8. The van der Waals surface area contributed by atoms with Gasteiger partial charge in [-0.05, 0) is 13.0 Å². The molecule has 6 nitrogen and oxygen atoms in total. The molecule has 0 radical (unpaired) electrons. The van der Waals surface area contributed by atoms with E-state index < -0.39 is 0 Å². The maximum absolute atomic E-state index is 5.55. The zero-order chi connectivity index (χ0) is 9.80. The first-order valence-corrected chi connectivity index (χ1v) is 4.62. The Hall–Kier alpha value is -1.43. The number of aromatic nitrogens is 3. The van der Waals surface area contributed by atoms with E-state index in [9.17, 15) is 0 Å². The van der Waals surface area contributed by atoms with E-state index in [1.165, 1.54) is 6.33 Å². The van der Waals surface area contributed by atoms with E-state index in [1.807, 2.05) is 0 Å². The van der Waals surface area contributed by atoms with Gasteiger partial charge in [0.25, 0.3) is 0 Å². The minimum Gasteiger partial charge on any atom is -0.459 e. The van der Waals surface area contributed by atoms with Crippen molar-refractivity contribution in [3.63, 3.8) is 0 Å².